The van der Waals surface area contributed by atoms with E-state index in [0.29, 0.717) is 99.4 Å². The molecule has 6 heterocycles. The van der Waals surface area contributed by atoms with Crippen LogP contribution in [0.1, 0.15) is 91.4 Å². The first-order valence-corrected chi connectivity index (χ1v) is 21.8. The Bertz CT molecular complexity index is 2470. The lowest BCUT2D eigenvalue weighted by Crippen LogP contribution is -2.49. The third kappa shape index (κ3) is 9.67. The number of urea groups is 1. The van der Waals surface area contributed by atoms with Crippen LogP contribution in [-0.2, 0) is 32.2 Å². The summed E-state index contributed by atoms with van der Waals surface area (Å²) in [5, 5.41) is 21.2. The average Bonchev–Trinajstić information content (AvgIpc) is 4.13. The van der Waals surface area contributed by atoms with E-state index in [-0.39, 0.29) is 24.5 Å². The molecule has 1 atom stereocenters. The second-order valence-electron chi connectivity index (χ2n) is 16.3. The van der Waals surface area contributed by atoms with Gasteiger partial charge < -0.3 is 30.1 Å². The molecule has 330 valence electrons. The Morgan fingerprint density at radius 3 is 2.60 bits per heavy atom. The molecule has 8 rings (SSSR count). The predicted molar refractivity (Wildman–Crippen MR) is 233 cm³/mol. The molecule has 3 N–H and O–H groups in total. The highest BCUT2D eigenvalue weighted by atomic mass is 16.5. The number of nitrogens with one attached hydrogen (secondary N) is 3. The number of benzene rings is 1. The Hall–Kier alpha value is -6.76. The number of rotatable bonds is 17. The van der Waals surface area contributed by atoms with Crippen molar-refractivity contribution in [2.75, 3.05) is 54.9 Å². The fourth-order valence-electron chi connectivity index (χ4n) is 8.87. The molecule has 1 aromatic carbocycles. The van der Waals surface area contributed by atoms with Gasteiger partial charge in [0, 0.05) is 69.1 Å². The highest BCUT2D eigenvalue weighted by Gasteiger charge is 2.36. The zero-order valence-electron chi connectivity index (χ0n) is 35.7. The summed E-state index contributed by atoms with van der Waals surface area (Å²) in [6, 6.07) is 8.31. The van der Waals surface area contributed by atoms with Crippen LogP contribution in [0.25, 0.3) is 17.0 Å². The van der Waals surface area contributed by atoms with Crippen molar-refractivity contribution >= 4 is 52.9 Å². The minimum atomic E-state index is -0.710. The van der Waals surface area contributed by atoms with Gasteiger partial charge in [0.1, 0.15) is 18.3 Å². The van der Waals surface area contributed by atoms with Crippen LogP contribution in [0.5, 0.6) is 0 Å². The maximum atomic E-state index is 13.2. The summed E-state index contributed by atoms with van der Waals surface area (Å²) in [6.45, 7) is 7.60. The van der Waals surface area contributed by atoms with Crippen molar-refractivity contribution in [3.05, 3.63) is 77.5 Å². The summed E-state index contributed by atoms with van der Waals surface area (Å²) in [5.74, 6) is -0.431. The van der Waals surface area contributed by atoms with Crippen molar-refractivity contribution in [1.82, 2.24) is 49.7 Å². The fourth-order valence-corrected chi connectivity index (χ4v) is 8.87. The number of carbonyl (C=O) groups is 5. The summed E-state index contributed by atoms with van der Waals surface area (Å²) < 4.78 is 9.35. The highest BCUT2D eigenvalue weighted by molar-refractivity contribution is 6.02. The van der Waals surface area contributed by atoms with E-state index in [4.69, 9.17) is 4.74 Å². The van der Waals surface area contributed by atoms with Crippen LogP contribution in [0.3, 0.4) is 0 Å². The lowest BCUT2D eigenvalue weighted by molar-refractivity contribution is -0.136. The minimum absolute atomic E-state index is 0.0120. The fraction of sp³-hybridized carbons (Fsp3) is 0.455. The molecule has 1 saturated heterocycles. The first-order valence-electron chi connectivity index (χ1n) is 21.8. The van der Waals surface area contributed by atoms with Crippen molar-refractivity contribution in [3.8, 4) is 11.4 Å². The number of anilines is 3. The first-order chi connectivity index (χ1) is 30.7. The largest absolute Gasteiger partial charge is 0.372 e. The van der Waals surface area contributed by atoms with Gasteiger partial charge in [0.05, 0.1) is 47.6 Å². The van der Waals surface area contributed by atoms with E-state index in [1.54, 1.807) is 29.3 Å². The average molecular weight is 860 g/mol. The number of aryl methyl sites for hydroxylation is 2. The van der Waals surface area contributed by atoms with E-state index >= 15 is 0 Å². The molecule has 0 radical (unpaired) electrons. The zero-order valence-corrected chi connectivity index (χ0v) is 35.7. The van der Waals surface area contributed by atoms with E-state index in [2.05, 4.69) is 46.2 Å². The number of hydrogen-bond acceptors (Lipinski definition) is 12. The molecule has 2 aliphatic heterocycles. The first kappa shape index (κ1) is 42.9. The molecule has 5 aromatic rings. The van der Waals surface area contributed by atoms with Gasteiger partial charge in [0.15, 0.2) is 5.65 Å². The van der Waals surface area contributed by atoms with Gasteiger partial charge in [0.25, 0.3) is 5.91 Å². The van der Waals surface area contributed by atoms with E-state index in [1.165, 1.54) is 4.90 Å². The Balaban J connectivity index is 0.742. The van der Waals surface area contributed by atoms with Crippen molar-refractivity contribution in [3.63, 3.8) is 0 Å². The standard InChI is InChI=1S/C44H53N13O6/c1-3-8-37(42(60)47-28-58)56-25-31-22-33(11-12-34(31)43(56)61)53-16-18-54(19-17-53)39(59)27-63-20-7-6-15-55-26-36(51-52-55)40-29(2)21-32(23-46-40)49-44(62)50-35-24-45-38-13-14-48-57(38)41(35)30-9-4-5-10-30/h11-14,21-24,26,28,30,37H,3-10,15-20,25,27H2,1-2H3,(H,47,58,60)(H2,49,50,62). The maximum absolute atomic E-state index is 13.2. The summed E-state index contributed by atoms with van der Waals surface area (Å²) in [4.78, 5) is 77.3. The van der Waals surface area contributed by atoms with Crippen LogP contribution in [0.4, 0.5) is 21.9 Å². The van der Waals surface area contributed by atoms with Crippen LogP contribution in [0.2, 0.25) is 0 Å². The molecule has 0 bridgehead atoms. The molecule has 6 amide bonds. The van der Waals surface area contributed by atoms with Gasteiger partial charge in [-0.2, -0.15) is 5.10 Å². The topological polar surface area (TPSA) is 214 Å². The van der Waals surface area contributed by atoms with E-state index < -0.39 is 11.9 Å². The zero-order chi connectivity index (χ0) is 43.9. The number of nitrogens with zero attached hydrogens (tertiary/aromatic N) is 10. The number of pyridine rings is 1. The quantitative estimate of drug-likeness (QED) is 0.0869. The summed E-state index contributed by atoms with van der Waals surface area (Å²) in [6.07, 6.45) is 14.3. The molecule has 19 nitrogen and oxygen atoms in total. The monoisotopic (exact) mass is 859 g/mol. The van der Waals surface area contributed by atoms with E-state index in [9.17, 15) is 24.0 Å². The summed E-state index contributed by atoms with van der Waals surface area (Å²) in [5.41, 5.74) is 7.42. The number of imide groups is 1. The van der Waals surface area contributed by atoms with Gasteiger partial charge in [-0.1, -0.05) is 31.4 Å². The maximum Gasteiger partial charge on any atom is 0.323 e. The Kier molecular flexibility index (Phi) is 13.3. The van der Waals surface area contributed by atoms with Crippen molar-refractivity contribution in [2.45, 2.75) is 90.3 Å². The van der Waals surface area contributed by atoms with Crippen molar-refractivity contribution < 1.29 is 28.7 Å². The number of piperazine rings is 1. The summed E-state index contributed by atoms with van der Waals surface area (Å²) in [7, 11) is 0. The van der Waals surface area contributed by atoms with E-state index in [0.717, 1.165) is 66.7 Å². The van der Waals surface area contributed by atoms with Gasteiger partial charge in [-0.25, -0.2) is 14.3 Å². The van der Waals surface area contributed by atoms with Gasteiger partial charge in [0.2, 0.25) is 18.2 Å². The van der Waals surface area contributed by atoms with Gasteiger partial charge >= 0.3 is 6.03 Å². The normalized spacial score (nSPS) is 15.8. The number of fused-ring (bicyclic) bond motifs is 2. The van der Waals surface area contributed by atoms with Gasteiger partial charge in [-0.05, 0) is 74.4 Å². The molecule has 19 heteroatoms. The van der Waals surface area contributed by atoms with Crippen molar-refractivity contribution in [2.24, 2.45) is 0 Å². The Morgan fingerprint density at radius 2 is 1.83 bits per heavy atom. The van der Waals surface area contributed by atoms with Crippen LogP contribution < -0.4 is 20.9 Å². The molecule has 1 unspecified atom stereocenters. The third-order valence-electron chi connectivity index (χ3n) is 12.1. The Morgan fingerprint density at radius 1 is 1.00 bits per heavy atom. The lowest BCUT2D eigenvalue weighted by atomic mass is 10.0. The van der Waals surface area contributed by atoms with Crippen LogP contribution >= 0.6 is 0 Å². The Labute approximate surface area is 364 Å². The smallest absolute Gasteiger partial charge is 0.323 e. The number of carbonyl (C=O) groups excluding carboxylic acids is 5. The second kappa shape index (κ2) is 19.5. The molecule has 2 fully saturated rings. The number of hydrogen-bond donors (Lipinski definition) is 3. The third-order valence-corrected chi connectivity index (χ3v) is 12.1. The minimum Gasteiger partial charge on any atom is -0.372 e. The van der Waals surface area contributed by atoms with Crippen LogP contribution in [0, 0.1) is 6.92 Å². The molecule has 1 saturated carbocycles. The molecular weight excluding hydrogens is 807 g/mol. The highest BCUT2D eigenvalue weighted by Crippen LogP contribution is 2.38. The molecule has 3 aliphatic rings. The van der Waals surface area contributed by atoms with Gasteiger partial charge in [-0.15, -0.1) is 5.10 Å². The number of aromatic nitrogens is 7. The molecule has 63 heavy (non-hydrogen) atoms. The number of amides is 6. The SMILES string of the molecule is CCCC(C(=O)NC=O)N1Cc2cc(N3CCN(C(=O)COCCCCn4cc(-c5ncc(NC(=O)Nc6cnc7ccnn7c6C6CCCC6)cc5C)nn4)CC3)ccc2C1=O. The molecular formula is C44H53N13O6. The number of ether oxygens (including phenoxy) is 1. The van der Waals surface area contributed by atoms with Gasteiger partial charge in [-0.3, -0.25) is 34.2 Å². The van der Waals surface area contributed by atoms with Crippen LogP contribution in [0.15, 0.2) is 55.1 Å². The predicted octanol–water partition coefficient (Wildman–Crippen LogP) is 4.54. The summed E-state index contributed by atoms with van der Waals surface area (Å²) >= 11 is 0. The van der Waals surface area contributed by atoms with Crippen LogP contribution in [-0.4, -0.2) is 120 Å². The number of unbranched alkanes of at least 4 members (excludes halogenated alkanes) is 1. The second-order valence-corrected chi connectivity index (χ2v) is 16.3. The molecule has 1 aliphatic carbocycles. The lowest BCUT2D eigenvalue weighted by Gasteiger charge is -2.36. The molecule has 4 aromatic heterocycles. The van der Waals surface area contributed by atoms with E-state index in [1.807, 2.05) is 53.7 Å². The molecule has 0 spiro atoms. The van der Waals surface area contributed by atoms with Crippen molar-refractivity contribution in [1.29, 1.82) is 0 Å².